The Kier molecular flexibility index (Phi) is 5.81. The summed E-state index contributed by atoms with van der Waals surface area (Å²) in [6.45, 7) is 1.86. The molecule has 0 aliphatic carbocycles. The lowest BCUT2D eigenvalue weighted by Crippen LogP contribution is -2.48. The van der Waals surface area contributed by atoms with Crippen molar-refractivity contribution in [1.29, 1.82) is 0 Å². The van der Waals surface area contributed by atoms with Crippen molar-refractivity contribution in [2.45, 2.75) is 19.5 Å². The van der Waals surface area contributed by atoms with Crippen LogP contribution in [0, 0.1) is 0 Å². The summed E-state index contributed by atoms with van der Waals surface area (Å²) >= 11 is 0. The Labute approximate surface area is 112 Å². The highest BCUT2D eigenvalue weighted by molar-refractivity contribution is 5.86. The van der Waals surface area contributed by atoms with E-state index in [1.807, 2.05) is 12.1 Å². The molecule has 1 atom stereocenters. The SMILES string of the molecule is COC[C@H](NC(C)=O)C(=O)NCc1ccc(N)cc1. The van der Waals surface area contributed by atoms with Crippen LogP contribution in [0.2, 0.25) is 0 Å². The number of amides is 2. The summed E-state index contributed by atoms with van der Waals surface area (Å²) in [5.74, 6) is -0.557. The largest absolute Gasteiger partial charge is 0.399 e. The van der Waals surface area contributed by atoms with Crippen molar-refractivity contribution in [3.8, 4) is 0 Å². The predicted molar refractivity (Wildman–Crippen MR) is 72.2 cm³/mol. The lowest BCUT2D eigenvalue weighted by molar-refractivity contribution is -0.129. The van der Waals surface area contributed by atoms with Gasteiger partial charge in [0.2, 0.25) is 11.8 Å². The zero-order valence-electron chi connectivity index (χ0n) is 11.1. The maximum absolute atomic E-state index is 11.9. The molecule has 4 N–H and O–H groups in total. The van der Waals surface area contributed by atoms with Gasteiger partial charge in [-0.05, 0) is 17.7 Å². The molecule has 1 aromatic carbocycles. The Morgan fingerprint density at radius 1 is 1.32 bits per heavy atom. The average molecular weight is 265 g/mol. The first kappa shape index (κ1) is 15.0. The zero-order valence-corrected chi connectivity index (χ0v) is 11.1. The lowest BCUT2D eigenvalue weighted by atomic mass is 10.2. The number of nitrogens with one attached hydrogen (secondary N) is 2. The number of hydrogen-bond acceptors (Lipinski definition) is 4. The lowest BCUT2D eigenvalue weighted by Gasteiger charge is -2.16. The van der Waals surface area contributed by atoms with Crippen molar-refractivity contribution in [3.63, 3.8) is 0 Å². The number of ether oxygens (including phenoxy) is 1. The van der Waals surface area contributed by atoms with Gasteiger partial charge in [-0.15, -0.1) is 0 Å². The summed E-state index contributed by atoms with van der Waals surface area (Å²) in [5.41, 5.74) is 7.18. The molecule has 6 nitrogen and oxygen atoms in total. The van der Waals surface area contributed by atoms with E-state index in [1.165, 1.54) is 14.0 Å². The maximum atomic E-state index is 11.9. The normalized spacial score (nSPS) is 11.7. The number of carbonyl (C=O) groups is 2. The molecular formula is C13H19N3O3. The molecule has 0 saturated carbocycles. The number of anilines is 1. The van der Waals surface area contributed by atoms with Gasteiger partial charge in [-0.3, -0.25) is 9.59 Å². The van der Waals surface area contributed by atoms with Crippen LogP contribution in [0.1, 0.15) is 12.5 Å². The molecule has 0 bridgehead atoms. The van der Waals surface area contributed by atoms with Gasteiger partial charge in [0.1, 0.15) is 6.04 Å². The number of hydrogen-bond donors (Lipinski definition) is 3. The van der Waals surface area contributed by atoms with Crippen LogP contribution in [0.5, 0.6) is 0 Å². The molecule has 0 aromatic heterocycles. The molecule has 0 aliphatic rings. The quantitative estimate of drug-likeness (QED) is 0.633. The van der Waals surface area contributed by atoms with Gasteiger partial charge in [0.25, 0.3) is 0 Å². The van der Waals surface area contributed by atoms with E-state index in [0.29, 0.717) is 12.2 Å². The second-order valence-electron chi connectivity index (χ2n) is 4.17. The van der Waals surface area contributed by atoms with Gasteiger partial charge >= 0.3 is 0 Å². The third kappa shape index (κ3) is 5.39. The number of nitrogen functional groups attached to an aromatic ring is 1. The van der Waals surface area contributed by atoms with Gasteiger partial charge in [0.05, 0.1) is 6.61 Å². The highest BCUT2D eigenvalue weighted by Crippen LogP contribution is 2.04. The van der Waals surface area contributed by atoms with Crippen molar-refractivity contribution >= 4 is 17.5 Å². The first-order valence-corrected chi connectivity index (χ1v) is 5.91. The summed E-state index contributed by atoms with van der Waals surface area (Å²) in [7, 11) is 1.47. The second kappa shape index (κ2) is 7.38. The zero-order chi connectivity index (χ0) is 14.3. The van der Waals surface area contributed by atoms with Crippen LogP contribution < -0.4 is 16.4 Å². The van der Waals surface area contributed by atoms with Crippen LogP contribution in [0.3, 0.4) is 0 Å². The molecule has 0 spiro atoms. The minimum Gasteiger partial charge on any atom is -0.399 e. The van der Waals surface area contributed by atoms with Crippen LogP contribution in [-0.2, 0) is 20.9 Å². The summed E-state index contributed by atoms with van der Waals surface area (Å²) in [6.07, 6.45) is 0. The van der Waals surface area contributed by atoms with Crippen LogP contribution in [0.15, 0.2) is 24.3 Å². The van der Waals surface area contributed by atoms with Gasteiger partial charge in [-0.25, -0.2) is 0 Å². The summed E-state index contributed by atoms with van der Waals surface area (Å²) in [6, 6.07) is 6.51. The number of methoxy groups -OCH3 is 1. The van der Waals surface area contributed by atoms with E-state index in [-0.39, 0.29) is 18.4 Å². The molecule has 104 valence electrons. The fraction of sp³-hybridized carbons (Fsp3) is 0.385. The van der Waals surface area contributed by atoms with Crippen LogP contribution in [0.4, 0.5) is 5.69 Å². The summed E-state index contributed by atoms with van der Waals surface area (Å²) < 4.78 is 4.90. The topological polar surface area (TPSA) is 93.4 Å². The molecule has 0 radical (unpaired) electrons. The second-order valence-corrected chi connectivity index (χ2v) is 4.17. The fourth-order valence-corrected chi connectivity index (χ4v) is 1.54. The molecule has 0 aliphatic heterocycles. The third-order valence-corrected chi connectivity index (χ3v) is 2.47. The van der Waals surface area contributed by atoms with Gasteiger partial charge in [-0.1, -0.05) is 12.1 Å². The van der Waals surface area contributed by atoms with E-state index < -0.39 is 6.04 Å². The summed E-state index contributed by atoms with van der Waals surface area (Å²) in [4.78, 5) is 22.9. The van der Waals surface area contributed by atoms with Crippen molar-refractivity contribution in [1.82, 2.24) is 10.6 Å². The van der Waals surface area contributed by atoms with E-state index in [1.54, 1.807) is 12.1 Å². The monoisotopic (exact) mass is 265 g/mol. The van der Waals surface area contributed by atoms with Gasteiger partial charge in [0.15, 0.2) is 0 Å². The number of carbonyl (C=O) groups excluding carboxylic acids is 2. The van der Waals surface area contributed by atoms with Crippen molar-refractivity contribution in [2.75, 3.05) is 19.5 Å². The molecule has 0 unspecified atom stereocenters. The molecule has 0 fully saturated rings. The Balaban J connectivity index is 2.51. The van der Waals surface area contributed by atoms with Crippen molar-refractivity contribution < 1.29 is 14.3 Å². The highest BCUT2D eigenvalue weighted by atomic mass is 16.5. The molecule has 0 saturated heterocycles. The average Bonchev–Trinajstić information content (AvgIpc) is 2.37. The predicted octanol–water partition coefficient (Wildman–Crippen LogP) is 0.0361. The van der Waals surface area contributed by atoms with Crippen molar-refractivity contribution in [2.24, 2.45) is 0 Å². The van der Waals surface area contributed by atoms with E-state index in [4.69, 9.17) is 10.5 Å². The number of nitrogens with two attached hydrogens (primary N) is 1. The minimum absolute atomic E-state index is 0.132. The Morgan fingerprint density at radius 3 is 2.47 bits per heavy atom. The number of benzene rings is 1. The standard InChI is InChI=1S/C13H19N3O3/c1-9(17)16-12(8-19-2)13(18)15-7-10-3-5-11(14)6-4-10/h3-6,12H,7-8,14H2,1-2H3,(H,15,18)(H,16,17)/t12-/m0/s1. The smallest absolute Gasteiger partial charge is 0.245 e. The molecule has 0 heterocycles. The first-order chi connectivity index (χ1) is 9.02. The Hall–Kier alpha value is -2.08. The minimum atomic E-state index is -0.684. The molecular weight excluding hydrogens is 246 g/mol. The highest BCUT2D eigenvalue weighted by Gasteiger charge is 2.18. The molecule has 2 amide bonds. The molecule has 6 heteroatoms. The molecule has 19 heavy (non-hydrogen) atoms. The van der Waals surface area contributed by atoms with Gasteiger partial charge in [0, 0.05) is 26.3 Å². The van der Waals surface area contributed by atoms with E-state index in [0.717, 1.165) is 5.56 Å². The van der Waals surface area contributed by atoms with Crippen LogP contribution >= 0.6 is 0 Å². The van der Waals surface area contributed by atoms with E-state index >= 15 is 0 Å². The molecule has 1 aromatic rings. The van der Waals surface area contributed by atoms with Gasteiger partial charge in [-0.2, -0.15) is 0 Å². The first-order valence-electron chi connectivity index (χ1n) is 5.91. The number of rotatable bonds is 6. The third-order valence-electron chi connectivity index (χ3n) is 2.47. The maximum Gasteiger partial charge on any atom is 0.245 e. The van der Waals surface area contributed by atoms with Crippen molar-refractivity contribution in [3.05, 3.63) is 29.8 Å². The summed E-state index contributed by atoms with van der Waals surface area (Å²) in [5, 5.41) is 5.26. The van der Waals surface area contributed by atoms with Gasteiger partial charge < -0.3 is 21.1 Å². The fourth-order valence-electron chi connectivity index (χ4n) is 1.54. The van der Waals surface area contributed by atoms with Crippen LogP contribution in [-0.4, -0.2) is 31.6 Å². The Morgan fingerprint density at radius 2 is 1.95 bits per heavy atom. The Bertz CT molecular complexity index is 431. The van der Waals surface area contributed by atoms with E-state index in [2.05, 4.69) is 10.6 Å². The van der Waals surface area contributed by atoms with Crippen LogP contribution in [0.25, 0.3) is 0 Å². The van der Waals surface area contributed by atoms with E-state index in [9.17, 15) is 9.59 Å². The molecule has 1 rings (SSSR count).